The van der Waals surface area contributed by atoms with Gasteiger partial charge in [-0.05, 0) is 12.8 Å². The number of hydrogen-bond donors (Lipinski definition) is 1. The van der Waals surface area contributed by atoms with Gasteiger partial charge in [-0.1, -0.05) is 19.0 Å². The number of ether oxygens (including phenoxy) is 1. The van der Waals surface area contributed by atoms with Crippen molar-refractivity contribution in [1.82, 2.24) is 10.1 Å². The Balaban J connectivity index is 2.50. The van der Waals surface area contributed by atoms with Crippen LogP contribution in [0.4, 0.5) is 0 Å². The van der Waals surface area contributed by atoms with Gasteiger partial charge in [0.25, 0.3) is 0 Å². The largest absolute Gasteiger partial charge is 0.385 e. The zero-order valence-electron chi connectivity index (χ0n) is 10.3. The molecule has 0 saturated heterocycles. The van der Waals surface area contributed by atoms with E-state index in [1.54, 1.807) is 7.11 Å². The number of rotatable bonds is 7. The van der Waals surface area contributed by atoms with Gasteiger partial charge < -0.3 is 15.0 Å². The van der Waals surface area contributed by atoms with E-state index in [1.165, 1.54) is 0 Å². The summed E-state index contributed by atoms with van der Waals surface area (Å²) in [5, 5.41) is 3.93. The highest BCUT2D eigenvalue weighted by molar-refractivity contribution is 4.96. The molecule has 0 bridgehead atoms. The molecule has 1 aromatic heterocycles. The van der Waals surface area contributed by atoms with Gasteiger partial charge in [0.2, 0.25) is 5.89 Å². The first kappa shape index (κ1) is 13.1. The van der Waals surface area contributed by atoms with Crippen LogP contribution in [-0.2, 0) is 11.2 Å². The summed E-state index contributed by atoms with van der Waals surface area (Å²) in [4.78, 5) is 4.34. The van der Waals surface area contributed by atoms with E-state index in [0.29, 0.717) is 12.5 Å². The molecule has 0 aliphatic carbocycles. The van der Waals surface area contributed by atoms with Gasteiger partial charge in [0.1, 0.15) is 0 Å². The molecule has 0 saturated carbocycles. The number of nitrogens with zero attached hydrogens (tertiary/aromatic N) is 2. The van der Waals surface area contributed by atoms with Crippen LogP contribution in [-0.4, -0.2) is 29.9 Å². The Hall–Kier alpha value is -0.940. The van der Waals surface area contributed by atoms with Gasteiger partial charge >= 0.3 is 0 Å². The average molecular weight is 227 g/mol. The van der Waals surface area contributed by atoms with Crippen molar-refractivity contribution in [2.45, 2.75) is 45.1 Å². The van der Waals surface area contributed by atoms with E-state index in [9.17, 15) is 0 Å². The van der Waals surface area contributed by atoms with Crippen LogP contribution in [0.15, 0.2) is 4.52 Å². The second-order valence-corrected chi connectivity index (χ2v) is 4.01. The summed E-state index contributed by atoms with van der Waals surface area (Å²) in [6.45, 7) is 4.78. The average Bonchev–Trinajstić information content (AvgIpc) is 2.76. The third-order valence-electron chi connectivity index (χ3n) is 2.74. The van der Waals surface area contributed by atoms with Crippen molar-refractivity contribution in [2.75, 3.05) is 13.7 Å². The van der Waals surface area contributed by atoms with Crippen molar-refractivity contribution in [1.29, 1.82) is 0 Å². The van der Waals surface area contributed by atoms with Crippen molar-refractivity contribution in [2.24, 2.45) is 5.73 Å². The maximum atomic E-state index is 5.93. The second kappa shape index (κ2) is 6.60. The molecule has 2 unspecified atom stereocenters. The molecule has 2 N–H and O–H groups in total. The summed E-state index contributed by atoms with van der Waals surface area (Å²) >= 11 is 0. The molecule has 5 nitrogen and oxygen atoms in total. The van der Waals surface area contributed by atoms with Crippen LogP contribution in [0.2, 0.25) is 0 Å². The first-order chi connectivity index (χ1) is 7.69. The number of methoxy groups -OCH3 is 1. The summed E-state index contributed by atoms with van der Waals surface area (Å²) in [5.74, 6) is 1.50. The van der Waals surface area contributed by atoms with Crippen LogP contribution in [0.25, 0.3) is 0 Å². The first-order valence-corrected chi connectivity index (χ1v) is 5.76. The lowest BCUT2D eigenvalue weighted by Crippen LogP contribution is -2.25. The molecule has 16 heavy (non-hydrogen) atoms. The monoisotopic (exact) mass is 227 g/mol. The molecule has 0 amide bonds. The van der Waals surface area contributed by atoms with E-state index in [4.69, 9.17) is 15.0 Å². The van der Waals surface area contributed by atoms with Crippen molar-refractivity contribution in [3.05, 3.63) is 11.7 Å². The summed E-state index contributed by atoms with van der Waals surface area (Å²) in [7, 11) is 1.68. The van der Waals surface area contributed by atoms with Gasteiger partial charge in [-0.25, -0.2) is 0 Å². The predicted molar refractivity (Wildman–Crippen MR) is 61.2 cm³/mol. The Kier molecular flexibility index (Phi) is 5.42. The lowest BCUT2D eigenvalue weighted by atomic mass is 10.0. The Morgan fingerprint density at radius 2 is 2.25 bits per heavy atom. The second-order valence-electron chi connectivity index (χ2n) is 4.01. The van der Waals surface area contributed by atoms with E-state index in [0.717, 1.165) is 25.1 Å². The molecule has 0 aromatic carbocycles. The van der Waals surface area contributed by atoms with Crippen LogP contribution in [0.5, 0.6) is 0 Å². The Labute approximate surface area is 96.4 Å². The quantitative estimate of drug-likeness (QED) is 0.714. The molecule has 92 valence electrons. The lowest BCUT2D eigenvalue weighted by Gasteiger charge is -2.13. The molecule has 0 aliphatic rings. The summed E-state index contributed by atoms with van der Waals surface area (Å²) in [6, 6.07) is 0.0762. The highest BCUT2D eigenvalue weighted by Gasteiger charge is 2.19. The molecule has 1 aromatic rings. The smallest absolute Gasteiger partial charge is 0.231 e. The van der Waals surface area contributed by atoms with Crippen molar-refractivity contribution in [3.8, 4) is 0 Å². The zero-order valence-corrected chi connectivity index (χ0v) is 10.3. The fourth-order valence-electron chi connectivity index (χ4n) is 1.47. The van der Waals surface area contributed by atoms with Gasteiger partial charge in [0.05, 0.1) is 5.92 Å². The lowest BCUT2D eigenvalue weighted by molar-refractivity contribution is 0.194. The fraction of sp³-hybridized carbons (Fsp3) is 0.818. The molecule has 2 atom stereocenters. The minimum atomic E-state index is 0.0762. The van der Waals surface area contributed by atoms with Gasteiger partial charge in [-0.2, -0.15) is 4.98 Å². The van der Waals surface area contributed by atoms with Gasteiger partial charge in [0.15, 0.2) is 5.82 Å². The molecule has 0 spiro atoms. The van der Waals surface area contributed by atoms with Gasteiger partial charge in [0, 0.05) is 26.2 Å². The standard InChI is InChI=1S/C11H21N3O2/c1-4-9(12)8(2)11-13-10(14-16-11)6-5-7-15-3/h8-9H,4-7,12H2,1-3H3. The van der Waals surface area contributed by atoms with Crippen molar-refractivity contribution >= 4 is 0 Å². The topological polar surface area (TPSA) is 74.2 Å². The highest BCUT2D eigenvalue weighted by atomic mass is 16.5. The minimum absolute atomic E-state index is 0.0762. The Morgan fingerprint density at radius 1 is 1.50 bits per heavy atom. The fourth-order valence-corrected chi connectivity index (χ4v) is 1.47. The SMILES string of the molecule is CCC(N)C(C)c1nc(CCCOC)no1. The van der Waals surface area contributed by atoms with Crippen molar-refractivity contribution in [3.63, 3.8) is 0 Å². The van der Waals surface area contributed by atoms with Crippen LogP contribution >= 0.6 is 0 Å². The molecule has 1 heterocycles. The zero-order chi connectivity index (χ0) is 12.0. The summed E-state index contributed by atoms with van der Waals surface area (Å²) in [5.41, 5.74) is 5.93. The third kappa shape index (κ3) is 3.57. The van der Waals surface area contributed by atoms with E-state index in [-0.39, 0.29) is 12.0 Å². The number of aromatic nitrogens is 2. The van der Waals surface area contributed by atoms with Crippen LogP contribution in [0, 0.1) is 0 Å². The Bertz CT molecular complexity index is 301. The number of nitrogens with two attached hydrogens (primary N) is 1. The summed E-state index contributed by atoms with van der Waals surface area (Å²) < 4.78 is 10.2. The molecule has 0 aliphatic heterocycles. The third-order valence-corrected chi connectivity index (χ3v) is 2.74. The van der Waals surface area contributed by atoms with E-state index in [1.807, 2.05) is 6.92 Å². The van der Waals surface area contributed by atoms with E-state index >= 15 is 0 Å². The van der Waals surface area contributed by atoms with Crippen LogP contribution in [0.1, 0.15) is 44.3 Å². The molecule has 5 heteroatoms. The normalized spacial score (nSPS) is 15.0. The van der Waals surface area contributed by atoms with Gasteiger partial charge in [-0.3, -0.25) is 0 Å². The van der Waals surface area contributed by atoms with Crippen molar-refractivity contribution < 1.29 is 9.26 Å². The summed E-state index contributed by atoms with van der Waals surface area (Å²) in [6.07, 6.45) is 2.59. The van der Waals surface area contributed by atoms with Gasteiger partial charge in [-0.15, -0.1) is 0 Å². The molecule has 1 rings (SSSR count). The molecular weight excluding hydrogens is 206 g/mol. The maximum Gasteiger partial charge on any atom is 0.231 e. The molecule has 0 radical (unpaired) electrons. The first-order valence-electron chi connectivity index (χ1n) is 5.76. The molecule has 0 fully saturated rings. The minimum Gasteiger partial charge on any atom is -0.385 e. The maximum absolute atomic E-state index is 5.93. The van der Waals surface area contributed by atoms with E-state index in [2.05, 4.69) is 17.1 Å². The predicted octanol–water partition coefficient (Wildman–Crippen LogP) is 1.49. The molecular formula is C11H21N3O2. The van der Waals surface area contributed by atoms with Crippen LogP contribution in [0.3, 0.4) is 0 Å². The number of aryl methyl sites for hydroxylation is 1. The van der Waals surface area contributed by atoms with Crippen LogP contribution < -0.4 is 5.73 Å². The highest BCUT2D eigenvalue weighted by Crippen LogP contribution is 2.17. The Morgan fingerprint density at radius 3 is 2.88 bits per heavy atom. The number of hydrogen-bond acceptors (Lipinski definition) is 5. The van der Waals surface area contributed by atoms with E-state index < -0.39 is 0 Å².